The third kappa shape index (κ3) is 3.44. The van der Waals surface area contributed by atoms with E-state index >= 15 is 0 Å². The van der Waals surface area contributed by atoms with Crippen LogP contribution in [0.5, 0.6) is 0 Å². The van der Waals surface area contributed by atoms with Crippen molar-refractivity contribution in [2.24, 2.45) is 0 Å². The van der Waals surface area contributed by atoms with E-state index in [2.05, 4.69) is 4.98 Å². The van der Waals surface area contributed by atoms with Crippen molar-refractivity contribution < 1.29 is 31.9 Å². The van der Waals surface area contributed by atoms with Crippen LogP contribution in [0, 0.1) is 6.92 Å². The highest BCUT2D eigenvalue weighted by Gasteiger charge is 2.59. The number of aromatic carboxylic acids is 1. The van der Waals surface area contributed by atoms with Crippen molar-refractivity contribution in [2.45, 2.75) is 44.7 Å². The quantitative estimate of drug-likeness (QED) is 0.832. The second-order valence-electron chi connectivity index (χ2n) is 5.77. The lowest BCUT2D eigenvalue weighted by Gasteiger charge is -2.26. The van der Waals surface area contributed by atoms with Crippen molar-refractivity contribution in [3.8, 4) is 0 Å². The topological polar surface area (TPSA) is 53.4 Å². The molecule has 24 heavy (non-hydrogen) atoms. The summed E-state index contributed by atoms with van der Waals surface area (Å²) in [5, 5.41) is 9.26. The van der Waals surface area contributed by atoms with E-state index in [0.29, 0.717) is 19.2 Å². The fourth-order valence-corrected chi connectivity index (χ4v) is 2.74. The number of halogens is 5. The molecule has 2 heterocycles. The van der Waals surface area contributed by atoms with Gasteiger partial charge < -0.3 is 10.0 Å². The first-order chi connectivity index (χ1) is 11.1. The van der Waals surface area contributed by atoms with Crippen molar-refractivity contribution in [3.05, 3.63) is 22.9 Å². The number of aryl methyl sites for hydroxylation is 1. The Hall–Kier alpha value is -1.93. The SMILES string of the molecule is Cc1nc(N2CCCCCC2)c(C(=O)O)cc1C(F)(F)C(F)(F)F. The monoisotopic (exact) mass is 352 g/mol. The lowest BCUT2D eigenvalue weighted by molar-refractivity contribution is -0.289. The smallest absolute Gasteiger partial charge is 0.458 e. The van der Waals surface area contributed by atoms with Crippen LogP contribution < -0.4 is 4.90 Å². The molecule has 0 atom stereocenters. The summed E-state index contributed by atoms with van der Waals surface area (Å²) < 4.78 is 65.1. The lowest BCUT2D eigenvalue weighted by atomic mass is 10.0. The first kappa shape index (κ1) is 18.4. The van der Waals surface area contributed by atoms with E-state index in [0.717, 1.165) is 32.6 Å². The molecule has 0 spiro atoms. The molecule has 0 saturated carbocycles. The number of hydrogen-bond acceptors (Lipinski definition) is 3. The molecule has 0 radical (unpaired) electrons. The van der Waals surface area contributed by atoms with Crippen LogP contribution in [0.4, 0.5) is 27.8 Å². The summed E-state index contributed by atoms with van der Waals surface area (Å²) in [5.41, 5.74) is -2.59. The van der Waals surface area contributed by atoms with Gasteiger partial charge in [-0.3, -0.25) is 0 Å². The second kappa shape index (κ2) is 6.52. The van der Waals surface area contributed by atoms with Gasteiger partial charge in [-0.15, -0.1) is 0 Å². The van der Waals surface area contributed by atoms with Crippen molar-refractivity contribution >= 4 is 11.8 Å². The van der Waals surface area contributed by atoms with Gasteiger partial charge in [-0.25, -0.2) is 9.78 Å². The molecule has 1 aromatic rings. The number of hydrogen-bond donors (Lipinski definition) is 1. The summed E-state index contributed by atoms with van der Waals surface area (Å²) in [6.07, 6.45) is -2.37. The largest absolute Gasteiger partial charge is 0.478 e. The molecule has 1 aromatic heterocycles. The molecule has 0 aliphatic carbocycles. The number of pyridine rings is 1. The molecule has 1 aliphatic rings. The lowest BCUT2D eigenvalue weighted by Crippen LogP contribution is -2.35. The van der Waals surface area contributed by atoms with Crippen LogP contribution in [-0.2, 0) is 5.92 Å². The Balaban J connectivity index is 2.56. The van der Waals surface area contributed by atoms with Crippen molar-refractivity contribution in [1.82, 2.24) is 4.98 Å². The van der Waals surface area contributed by atoms with Crippen molar-refractivity contribution in [1.29, 1.82) is 0 Å². The van der Waals surface area contributed by atoms with Crippen LogP contribution in [-0.4, -0.2) is 35.3 Å². The molecule has 0 bridgehead atoms. The van der Waals surface area contributed by atoms with Gasteiger partial charge in [0.25, 0.3) is 0 Å². The van der Waals surface area contributed by atoms with E-state index in [1.54, 1.807) is 4.90 Å². The van der Waals surface area contributed by atoms with Crippen LogP contribution >= 0.6 is 0 Å². The van der Waals surface area contributed by atoms with E-state index in [4.69, 9.17) is 0 Å². The van der Waals surface area contributed by atoms with Crippen LogP contribution in [0.1, 0.15) is 47.3 Å². The standard InChI is InChI=1S/C15H17F5N2O2/c1-9-11(14(16,17)15(18,19)20)8-10(13(23)24)12(21-9)22-6-4-2-3-5-7-22/h8H,2-7H2,1H3,(H,23,24). The molecule has 1 N–H and O–H groups in total. The zero-order valence-electron chi connectivity index (χ0n) is 13.0. The Morgan fingerprint density at radius 3 is 2.12 bits per heavy atom. The number of carbonyl (C=O) groups is 1. The van der Waals surface area contributed by atoms with Crippen LogP contribution in [0.15, 0.2) is 6.07 Å². The van der Waals surface area contributed by atoms with Gasteiger partial charge in [-0.2, -0.15) is 22.0 Å². The summed E-state index contributed by atoms with van der Waals surface area (Å²) in [6.45, 7) is 2.01. The molecule has 4 nitrogen and oxygen atoms in total. The summed E-state index contributed by atoms with van der Waals surface area (Å²) in [4.78, 5) is 16.8. The number of rotatable bonds is 3. The summed E-state index contributed by atoms with van der Waals surface area (Å²) >= 11 is 0. The Kier molecular flexibility index (Phi) is 5.00. The fraction of sp³-hybridized carbons (Fsp3) is 0.600. The molecule has 2 rings (SSSR count). The average molecular weight is 352 g/mol. The minimum absolute atomic E-state index is 0.0522. The third-order valence-corrected chi connectivity index (χ3v) is 4.02. The van der Waals surface area contributed by atoms with E-state index < -0.39 is 34.9 Å². The van der Waals surface area contributed by atoms with E-state index in [9.17, 15) is 31.9 Å². The van der Waals surface area contributed by atoms with Gasteiger partial charge >= 0.3 is 18.1 Å². The maximum Gasteiger partial charge on any atom is 0.458 e. The third-order valence-electron chi connectivity index (χ3n) is 4.02. The van der Waals surface area contributed by atoms with E-state index in [1.165, 1.54) is 0 Å². The first-order valence-corrected chi connectivity index (χ1v) is 7.50. The zero-order chi connectivity index (χ0) is 18.1. The van der Waals surface area contributed by atoms with E-state index in [-0.39, 0.29) is 5.82 Å². The Labute approximate surface area is 135 Å². The minimum Gasteiger partial charge on any atom is -0.478 e. The second-order valence-corrected chi connectivity index (χ2v) is 5.77. The molecule has 0 aromatic carbocycles. The van der Waals surface area contributed by atoms with Gasteiger partial charge in [0.1, 0.15) is 11.4 Å². The number of aromatic nitrogens is 1. The van der Waals surface area contributed by atoms with Crippen LogP contribution in [0.3, 0.4) is 0 Å². The van der Waals surface area contributed by atoms with Gasteiger partial charge in [0.15, 0.2) is 0 Å². The molecule has 134 valence electrons. The maximum atomic E-state index is 13.6. The fourth-order valence-electron chi connectivity index (χ4n) is 2.74. The molecule has 1 fully saturated rings. The summed E-state index contributed by atoms with van der Waals surface area (Å²) in [5.74, 6) is -6.80. The normalized spacial score (nSPS) is 16.8. The number of carboxylic acid groups (broad SMARTS) is 1. The van der Waals surface area contributed by atoms with Gasteiger partial charge in [-0.05, 0) is 25.8 Å². The Morgan fingerprint density at radius 1 is 1.12 bits per heavy atom. The van der Waals surface area contributed by atoms with Crippen LogP contribution in [0.25, 0.3) is 0 Å². The molecule has 1 saturated heterocycles. The molecule has 9 heteroatoms. The number of anilines is 1. The highest BCUT2D eigenvalue weighted by molar-refractivity contribution is 5.93. The Morgan fingerprint density at radius 2 is 1.67 bits per heavy atom. The summed E-state index contributed by atoms with van der Waals surface area (Å²) in [6, 6.07) is 0.401. The predicted octanol–water partition coefficient (Wildman–Crippen LogP) is 4.12. The molecular weight excluding hydrogens is 335 g/mol. The number of alkyl halides is 5. The highest BCUT2D eigenvalue weighted by Crippen LogP contribution is 2.45. The number of carboxylic acids is 1. The summed E-state index contributed by atoms with van der Waals surface area (Å²) in [7, 11) is 0. The Bertz CT molecular complexity index is 623. The predicted molar refractivity (Wildman–Crippen MR) is 76.6 cm³/mol. The van der Waals surface area contributed by atoms with Gasteiger partial charge in [0.2, 0.25) is 0 Å². The maximum absolute atomic E-state index is 13.6. The zero-order valence-corrected chi connectivity index (χ0v) is 13.0. The van der Waals surface area contributed by atoms with Gasteiger partial charge in [0, 0.05) is 18.8 Å². The van der Waals surface area contributed by atoms with Crippen LogP contribution in [0.2, 0.25) is 0 Å². The molecular formula is C15H17F5N2O2. The first-order valence-electron chi connectivity index (χ1n) is 7.50. The number of nitrogens with zero attached hydrogens (tertiary/aromatic N) is 2. The van der Waals surface area contributed by atoms with Gasteiger partial charge in [0.05, 0.1) is 5.56 Å². The molecule has 0 unspecified atom stereocenters. The highest BCUT2D eigenvalue weighted by atomic mass is 19.4. The minimum atomic E-state index is -5.82. The van der Waals surface area contributed by atoms with E-state index in [1.807, 2.05) is 0 Å². The van der Waals surface area contributed by atoms with Gasteiger partial charge in [-0.1, -0.05) is 12.8 Å². The molecule has 1 aliphatic heterocycles. The molecule has 0 amide bonds. The van der Waals surface area contributed by atoms with Crippen molar-refractivity contribution in [2.75, 3.05) is 18.0 Å². The average Bonchev–Trinajstić information content (AvgIpc) is 2.74. The van der Waals surface area contributed by atoms with Crippen molar-refractivity contribution in [3.63, 3.8) is 0 Å².